The van der Waals surface area contributed by atoms with Gasteiger partial charge in [0.2, 0.25) is 0 Å². The van der Waals surface area contributed by atoms with Crippen molar-refractivity contribution < 1.29 is 29.6 Å². The Morgan fingerprint density at radius 2 is 1.50 bits per heavy atom. The van der Waals surface area contributed by atoms with Gasteiger partial charge in [0.15, 0.2) is 17.7 Å². The van der Waals surface area contributed by atoms with E-state index >= 15 is 0 Å². The van der Waals surface area contributed by atoms with E-state index in [9.17, 15) is 24.9 Å². The third kappa shape index (κ3) is 1.94. The number of ether oxygens (including phenoxy) is 1. The van der Waals surface area contributed by atoms with Crippen LogP contribution in [-0.2, 0) is 0 Å². The molecule has 0 aromatic heterocycles. The van der Waals surface area contributed by atoms with Gasteiger partial charge in [-0.05, 0) is 12.1 Å². The first kappa shape index (κ1) is 15.0. The molecule has 1 unspecified atom stereocenters. The lowest BCUT2D eigenvalue weighted by Crippen LogP contribution is -2.43. The summed E-state index contributed by atoms with van der Waals surface area (Å²) in [7, 11) is 0. The van der Waals surface area contributed by atoms with Gasteiger partial charge >= 0.3 is 0 Å². The quantitative estimate of drug-likeness (QED) is 0.605. The molecule has 0 bridgehead atoms. The number of benzene rings is 2. The normalized spacial score (nSPS) is 24.7. The molecule has 3 N–H and O–H groups in total. The molecule has 2 aromatic rings. The number of aliphatic hydroxyl groups excluding tert-OH is 3. The molecule has 0 radical (unpaired) electrons. The van der Waals surface area contributed by atoms with Crippen molar-refractivity contribution in [3.63, 3.8) is 0 Å². The number of carbonyl (C=O) groups is 2. The van der Waals surface area contributed by atoms with E-state index in [-0.39, 0.29) is 34.0 Å². The molecule has 6 heteroatoms. The number of hydrogen-bond acceptors (Lipinski definition) is 6. The number of fused-ring (bicyclic) bond motifs is 3. The number of aliphatic hydroxyl groups is 3. The minimum absolute atomic E-state index is 0.176. The van der Waals surface area contributed by atoms with Gasteiger partial charge in [-0.2, -0.15) is 0 Å². The summed E-state index contributed by atoms with van der Waals surface area (Å²) in [5, 5.41) is 29.5. The van der Waals surface area contributed by atoms with Crippen LogP contribution in [0, 0.1) is 0 Å². The maximum absolute atomic E-state index is 12.7. The summed E-state index contributed by atoms with van der Waals surface area (Å²) >= 11 is 0. The Hall–Kier alpha value is -2.54. The molecule has 6 nitrogen and oxygen atoms in total. The second-order valence-corrected chi connectivity index (χ2v) is 5.91. The van der Waals surface area contributed by atoms with Crippen LogP contribution in [0.25, 0.3) is 0 Å². The minimum atomic E-state index is -1.32. The van der Waals surface area contributed by atoms with Crippen molar-refractivity contribution in [2.45, 2.75) is 18.3 Å². The Bertz CT molecular complexity index is 872. The summed E-state index contributed by atoms with van der Waals surface area (Å²) in [4.78, 5) is 25.3. The van der Waals surface area contributed by atoms with Gasteiger partial charge in [-0.1, -0.05) is 24.3 Å². The highest BCUT2D eigenvalue weighted by molar-refractivity contribution is 6.28. The first-order valence-corrected chi connectivity index (χ1v) is 7.53. The zero-order valence-electron chi connectivity index (χ0n) is 12.5. The van der Waals surface area contributed by atoms with Gasteiger partial charge in [0.25, 0.3) is 0 Å². The number of hydrogen-bond donors (Lipinski definition) is 3. The molecule has 0 amide bonds. The van der Waals surface area contributed by atoms with Crippen molar-refractivity contribution in [1.82, 2.24) is 0 Å². The van der Waals surface area contributed by atoms with Crippen LogP contribution in [0.5, 0.6) is 5.75 Å². The fraction of sp³-hybridized carbons (Fsp3) is 0.222. The summed E-state index contributed by atoms with van der Waals surface area (Å²) < 4.78 is 5.48. The summed E-state index contributed by atoms with van der Waals surface area (Å²) in [6, 6.07) is 9.34. The van der Waals surface area contributed by atoms with E-state index in [1.165, 1.54) is 12.1 Å². The SMILES string of the molecule is O=C1c2ccccc2C(=O)c2cc3c(cc21)O[C@H](CO)C(O)[C@@H]3O. The van der Waals surface area contributed by atoms with Gasteiger partial charge in [0.1, 0.15) is 18.0 Å². The fourth-order valence-electron chi connectivity index (χ4n) is 3.24. The highest BCUT2D eigenvalue weighted by Crippen LogP contribution is 2.39. The van der Waals surface area contributed by atoms with Gasteiger partial charge in [-0.25, -0.2) is 0 Å². The highest BCUT2D eigenvalue weighted by atomic mass is 16.5. The van der Waals surface area contributed by atoms with Crippen molar-refractivity contribution >= 4 is 11.6 Å². The van der Waals surface area contributed by atoms with Crippen LogP contribution in [0.1, 0.15) is 43.5 Å². The molecule has 0 spiro atoms. The zero-order valence-corrected chi connectivity index (χ0v) is 12.5. The zero-order chi connectivity index (χ0) is 17.0. The maximum Gasteiger partial charge on any atom is 0.194 e. The predicted octanol–water partition coefficient (Wildman–Crippen LogP) is 0.610. The van der Waals surface area contributed by atoms with Crippen LogP contribution >= 0.6 is 0 Å². The smallest absolute Gasteiger partial charge is 0.194 e. The standard InChI is InChI=1S/C18H14O6/c19-7-14-18(23)17(22)12-5-10-11(6-13(12)24-14)16(21)9-4-2-1-3-8(9)15(10)20/h1-6,14,17-19,22-23H,7H2/t14-,17-,18?/m1/s1. The Morgan fingerprint density at radius 1 is 0.917 bits per heavy atom. The Morgan fingerprint density at radius 3 is 2.08 bits per heavy atom. The van der Waals surface area contributed by atoms with E-state index in [4.69, 9.17) is 4.74 Å². The third-order valence-corrected chi connectivity index (χ3v) is 4.54. The first-order valence-electron chi connectivity index (χ1n) is 7.53. The Labute approximate surface area is 136 Å². The lowest BCUT2D eigenvalue weighted by molar-refractivity contribution is -0.0837. The molecule has 1 aliphatic heterocycles. The van der Waals surface area contributed by atoms with Crippen LogP contribution in [-0.4, -0.2) is 45.7 Å². The molecule has 122 valence electrons. The van der Waals surface area contributed by atoms with Gasteiger partial charge in [-0.3, -0.25) is 9.59 Å². The largest absolute Gasteiger partial charge is 0.485 e. The maximum atomic E-state index is 12.7. The summed E-state index contributed by atoms with van der Waals surface area (Å²) in [5.41, 5.74) is 1.24. The third-order valence-electron chi connectivity index (χ3n) is 4.54. The summed E-state index contributed by atoms with van der Waals surface area (Å²) in [6.07, 6.45) is -3.62. The highest BCUT2D eigenvalue weighted by Gasteiger charge is 2.39. The lowest BCUT2D eigenvalue weighted by atomic mass is 9.81. The number of carbonyl (C=O) groups excluding carboxylic acids is 2. The molecule has 24 heavy (non-hydrogen) atoms. The molecule has 4 rings (SSSR count). The van der Waals surface area contributed by atoms with Crippen molar-refractivity contribution in [3.8, 4) is 5.75 Å². The molecule has 3 atom stereocenters. The second kappa shape index (κ2) is 5.24. The van der Waals surface area contributed by atoms with Crippen LogP contribution in [0.4, 0.5) is 0 Å². The lowest BCUT2D eigenvalue weighted by Gasteiger charge is -2.34. The van der Waals surface area contributed by atoms with E-state index in [0.29, 0.717) is 11.1 Å². The summed E-state index contributed by atoms with van der Waals surface area (Å²) in [6.45, 7) is -0.482. The number of rotatable bonds is 1. The Kier molecular flexibility index (Phi) is 3.28. The van der Waals surface area contributed by atoms with Crippen molar-refractivity contribution in [1.29, 1.82) is 0 Å². The molecule has 2 aliphatic rings. The predicted molar refractivity (Wildman–Crippen MR) is 82.2 cm³/mol. The van der Waals surface area contributed by atoms with E-state index in [1.807, 2.05) is 0 Å². The average Bonchev–Trinajstić information content (AvgIpc) is 2.61. The van der Waals surface area contributed by atoms with Gasteiger partial charge in [0, 0.05) is 27.8 Å². The fourth-order valence-corrected chi connectivity index (χ4v) is 3.24. The second-order valence-electron chi connectivity index (χ2n) is 5.91. The summed E-state index contributed by atoms with van der Waals surface area (Å²) in [5.74, 6) is -0.423. The van der Waals surface area contributed by atoms with Gasteiger partial charge in [-0.15, -0.1) is 0 Å². The molecule has 0 saturated carbocycles. The molecular weight excluding hydrogens is 312 g/mol. The van der Waals surface area contributed by atoms with Gasteiger partial charge < -0.3 is 20.1 Å². The average molecular weight is 326 g/mol. The molecule has 1 aliphatic carbocycles. The van der Waals surface area contributed by atoms with E-state index < -0.39 is 24.9 Å². The topological polar surface area (TPSA) is 104 Å². The monoisotopic (exact) mass is 326 g/mol. The van der Waals surface area contributed by atoms with Crippen LogP contribution < -0.4 is 4.74 Å². The van der Waals surface area contributed by atoms with E-state index in [2.05, 4.69) is 0 Å². The van der Waals surface area contributed by atoms with Crippen LogP contribution in [0.2, 0.25) is 0 Å². The van der Waals surface area contributed by atoms with Gasteiger partial charge in [0.05, 0.1) is 6.61 Å². The van der Waals surface area contributed by atoms with Crippen molar-refractivity contribution in [3.05, 3.63) is 64.2 Å². The van der Waals surface area contributed by atoms with E-state index in [1.54, 1.807) is 24.3 Å². The molecule has 2 aromatic carbocycles. The Balaban J connectivity index is 1.90. The molecule has 1 heterocycles. The number of ketones is 2. The van der Waals surface area contributed by atoms with Crippen molar-refractivity contribution in [2.24, 2.45) is 0 Å². The first-order chi connectivity index (χ1) is 11.5. The van der Waals surface area contributed by atoms with E-state index in [0.717, 1.165) is 0 Å². The molecule has 0 saturated heterocycles. The minimum Gasteiger partial charge on any atom is -0.485 e. The van der Waals surface area contributed by atoms with Crippen LogP contribution in [0.15, 0.2) is 36.4 Å². The molecular formula is C18H14O6. The van der Waals surface area contributed by atoms with Crippen molar-refractivity contribution in [2.75, 3.05) is 6.61 Å². The van der Waals surface area contributed by atoms with Crippen LogP contribution in [0.3, 0.4) is 0 Å². The molecule has 0 fully saturated rings.